The van der Waals surface area contributed by atoms with E-state index in [0.717, 1.165) is 23.8 Å². The minimum Gasteiger partial charge on any atom is -0.482 e. The highest BCUT2D eigenvalue weighted by Crippen LogP contribution is 2.41. The predicted octanol–water partition coefficient (Wildman–Crippen LogP) is 3.43. The molecule has 0 bridgehead atoms. The molecule has 142 valence electrons. The van der Waals surface area contributed by atoms with Crippen LogP contribution in [0.5, 0.6) is 5.75 Å². The van der Waals surface area contributed by atoms with Crippen molar-refractivity contribution in [2.75, 3.05) is 11.9 Å². The number of aromatic nitrogens is 3. The smallest absolute Gasteiger partial charge is 0.262 e. The first kappa shape index (κ1) is 18.0. The Balaban J connectivity index is 1.54. The van der Waals surface area contributed by atoms with Crippen molar-refractivity contribution >= 4 is 29.1 Å². The molecule has 2 aliphatic rings. The first-order valence-electron chi connectivity index (χ1n) is 9.16. The number of benzene rings is 1. The Morgan fingerprint density at radius 1 is 1.30 bits per heavy atom. The number of nitrogens with one attached hydrogen (secondary N) is 1. The summed E-state index contributed by atoms with van der Waals surface area (Å²) in [6, 6.07) is 5.60. The molecule has 0 unspecified atom stereocenters. The van der Waals surface area contributed by atoms with Crippen LogP contribution in [0.4, 0.5) is 5.69 Å². The van der Waals surface area contributed by atoms with Gasteiger partial charge in [-0.15, -0.1) is 10.2 Å². The normalized spacial score (nSPS) is 17.3. The van der Waals surface area contributed by atoms with Gasteiger partial charge in [0.25, 0.3) is 5.91 Å². The van der Waals surface area contributed by atoms with Gasteiger partial charge in [-0.05, 0) is 38.0 Å². The van der Waals surface area contributed by atoms with Gasteiger partial charge in [0, 0.05) is 17.5 Å². The molecule has 1 aliphatic carbocycles. The summed E-state index contributed by atoms with van der Waals surface area (Å²) < 4.78 is 7.55. The Hall–Kier alpha value is -2.35. The van der Waals surface area contributed by atoms with Crippen LogP contribution in [0.2, 0.25) is 0 Å². The number of anilines is 1. The maximum atomic E-state index is 12.9. The fourth-order valence-electron chi connectivity index (χ4n) is 3.12. The van der Waals surface area contributed by atoms with Gasteiger partial charge in [-0.2, -0.15) is 0 Å². The number of hydrogen-bond donors (Lipinski definition) is 1. The molecule has 27 heavy (non-hydrogen) atoms. The van der Waals surface area contributed by atoms with Crippen molar-refractivity contribution in [3.8, 4) is 5.75 Å². The maximum absolute atomic E-state index is 12.9. The molecular weight excluding hydrogens is 364 g/mol. The molecule has 7 nitrogen and oxygen atoms in total. The van der Waals surface area contributed by atoms with Crippen molar-refractivity contribution < 1.29 is 14.3 Å². The summed E-state index contributed by atoms with van der Waals surface area (Å²) in [7, 11) is 0. The summed E-state index contributed by atoms with van der Waals surface area (Å²) in [6.07, 6.45) is 2.27. The quantitative estimate of drug-likeness (QED) is 0.605. The molecule has 4 rings (SSSR count). The Morgan fingerprint density at radius 2 is 2.07 bits per heavy atom. The number of nitrogens with zero attached hydrogens (tertiary/aromatic N) is 3. The van der Waals surface area contributed by atoms with Gasteiger partial charge in [-0.1, -0.05) is 25.6 Å². The molecule has 0 saturated heterocycles. The Labute approximate surface area is 161 Å². The minimum absolute atomic E-state index is 0.00155. The monoisotopic (exact) mass is 386 g/mol. The minimum atomic E-state index is -0.315. The van der Waals surface area contributed by atoms with E-state index in [1.807, 2.05) is 6.92 Å². The summed E-state index contributed by atoms with van der Waals surface area (Å²) in [5, 5.41) is 11.9. The highest BCUT2D eigenvalue weighted by atomic mass is 32.2. The third-order valence-electron chi connectivity index (χ3n) is 4.67. The van der Waals surface area contributed by atoms with Gasteiger partial charge in [0.1, 0.15) is 11.6 Å². The molecule has 1 aromatic carbocycles. The van der Waals surface area contributed by atoms with Gasteiger partial charge in [0.15, 0.2) is 17.5 Å². The van der Waals surface area contributed by atoms with Crippen LogP contribution in [0, 0.1) is 0 Å². The molecule has 2 aromatic rings. The molecule has 1 N–H and O–H groups in total. The first-order valence-corrected chi connectivity index (χ1v) is 10.0. The molecule has 2 heterocycles. The number of carbonyl (C=O) groups excluding carboxylic acids is 2. The summed E-state index contributed by atoms with van der Waals surface area (Å²) in [5.41, 5.74) is 1.08. The molecule has 1 atom stereocenters. The van der Waals surface area contributed by atoms with Gasteiger partial charge >= 0.3 is 0 Å². The van der Waals surface area contributed by atoms with Crippen molar-refractivity contribution in [1.82, 2.24) is 14.8 Å². The summed E-state index contributed by atoms with van der Waals surface area (Å²) in [5.74, 6) is 1.63. The van der Waals surface area contributed by atoms with E-state index >= 15 is 0 Å². The van der Waals surface area contributed by atoms with Gasteiger partial charge < -0.3 is 14.6 Å². The van der Waals surface area contributed by atoms with Crippen molar-refractivity contribution in [2.45, 2.75) is 56.0 Å². The zero-order chi connectivity index (χ0) is 19.1. The number of Topliss-reactive ketones (excluding diaryl/α,β-unsaturated/α-hetero) is 1. The average molecular weight is 386 g/mol. The third kappa shape index (κ3) is 3.58. The molecule has 0 spiro atoms. The summed E-state index contributed by atoms with van der Waals surface area (Å²) in [6.45, 7) is 6.09. The number of fused-ring (bicyclic) bond motifs is 1. The molecule has 1 aromatic heterocycles. The largest absolute Gasteiger partial charge is 0.482 e. The number of ketones is 1. The van der Waals surface area contributed by atoms with Gasteiger partial charge in [-0.3, -0.25) is 9.59 Å². The van der Waals surface area contributed by atoms with Crippen molar-refractivity contribution in [3.05, 3.63) is 29.6 Å². The van der Waals surface area contributed by atoms with Crippen LogP contribution < -0.4 is 10.1 Å². The molecule has 8 heteroatoms. The van der Waals surface area contributed by atoms with Crippen LogP contribution >= 0.6 is 11.8 Å². The van der Waals surface area contributed by atoms with Gasteiger partial charge in [-0.25, -0.2) is 0 Å². The molecule has 1 fully saturated rings. The number of amides is 1. The van der Waals surface area contributed by atoms with Crippen molar-refractivity contribution in [3.63, 3.8) is 0 Å². The van der Waals surface area contributed by atoms with Crippen LogP contribution in [0.1, 0.15) is 61.8 Å². The lowest BCUT2D eigenvalue weighted by Gasteiger charge is -2.19. The Kier molecular flexibility index (Phi) is 4.67. The second kappa shape index (κ2) is 6.99. The second-order valence-electron chi connectivity index (χ2n) is 7.27. The molecule has 1 saturated carbocycles. The predicted molar refractivity (Wildman–Crippen MR) is 103 cm³/mol. The lowest BCUT2D eigenvalue weighted by molar-refractivity contribution is -0.118. The standard InChI is InChI=1S/C19H22N4O3S/c1-10(2)18-21-22-19(23(18)13-5-6-13)27-11(3)17(25)12-4-7-15-14(8-12)20-16(24)9-26-15/h4,7-8,10-11,13H,5-6,9H2,1-3H3,(H,20,24)/t11-/m1/s1. The zero-order valence-corrected chi connectivity index (χ0v) is 16.4. The number of ether oxygens (including phenoxy) is 1. The zero-order valence-electron chi connectivity index (χ0n) is 15.6. The van der Waals surface area contributed by atoms with Crippen LogP contribution in [0.15, 0.2) is 23.4 Å². The topological polar surface area (TPSA) is 86.1 Å². The Morgan fingerprint density at radius 3 is 2.78 bits per heavy atom. The molecule has 1 aliphatic heterocycles. The lowest BCUT2D eigenvalue weighted by Crippen LogP contribution is -2.25. The van der Waals surface area contributed by atoms with Crippen molar-refractivity contribution in [1.29, 1.82) is 0 Å². The van der Waals surface area contributed by atoms with E-state index in [4.69, 9.17) is 4.74 Å². The van der Waals surface area contributed by atoms with Crippen LogP contribution in [-0.4, -0.2) is 38.3 Å². The van der Waals surface area contributed by atoms with Crippen LogP contribution in [0.25, 0.3) is 0 Å². The third-order valence-corrected chi connectivity index (χ3v) is 5.72. The summed E-state index contributed by atoms with van der Waals surface area (Å²) >= 11 is 1.44. The van der Waals surface area contributed by atoms with Gasteiger partial charge in [0.05, 0.1) is 10.9 Å². The lowest BCUT2D eigenvalue weighted by atomic mass is 10.1. The molecule has 1 amide bonds. The van der Waals surface area contributed by atoms with E-state index in [2.05, 4.69) is 33.9 Å². The average Bonchev–Trinajstić information content (AvgIpc) is 3.40. The van der Waals surface area contributed by atoms with Gasteiger partial charge in [0.2, 0.25) is 0 Å². The van der Waals surface area contributed by atoms with E-state index in [9.17, 15) is 9.59 Å². The van der Waals surface area contributed by atoms with E-state index in [1.54, 1.807) is 18.2 Å². The molecular formula is C19H22N4O3S. The summed E-state index contributed by atoms with van der Waals surface area (Å²) in [4.78, 5) is 24.4. The SMILES string of the molecule is CC(C)c1nnc(S[C@H](C)C(=O)c2ccc3c(c2)NC(=O)CO3)n1C1CC1. The van der Waals surface area contributed by atoms with E-state index in [0.29, 0.717) is 29.0 Å². The first-order chi connectivity index (χ1) is 12.9. The molecule has 0 radical (unpaired) electrons. The van der Waals surface area contributed by atoms with E-state index < -0.39 is 0 Å². The van der Waals surface area contributed by atoms with Crippen LogP contribution in [0.3, 0.4) is 0 Å². The highest BCUT2D eigenvalue weighted by molar-refractivity contribution is 8.00. The fraction of sp³-hybridized carbons (Fsp3) is 0.474. The second-order valence-corrected chi connectivity index (χ2v) is 8.58. The van der Waals surface area contributed by atoms with Crippen LogP contribution in [-0.2, 0) is 4.79 Å². The van der Waals surface area contributed by atoms with E-state index in [-0.39, 0.29) is 23.5 Å². The maximum Gasteiger partial charge on any atom is 0.262 e. The van der Waals surface area contributed by atoms with E-state index in [1.165, 1.54) is 11.8 Å². The highest BCUT2D eigenvalue weighted by Gasteiger charge is 2.32. The fourth-order valence-corrected chi connectivity index (χ4v) is 4.12. The van der Waals surface area contributed by atoms with Crippen molar-refractivity contribution in [2.24, 2.45) is 0 Å². The number of hydrogen-bond acceptors (Lipinski definition) is 6. The number of thioether (sulfide) groups is 1. The number of carbonyl (C=O) groups is 2. The number of rotatable bonds is 6. The Bertz CT molecular complexity index is 904.